The van der Waals surface area contributed by atoms with Crippen molar-refractivity contribution in [2.45, 2.75) is 64.2 Å². The van der Waals surface area contributed by atoms with Gasteiger partial charge in [-0.15, -0.1) is 0 Å². The van der Waals surface area contributed by atoms with Crippen LogP contribution in [0, 0.1) is 5.92 Å². The Balaban J connectivity index is 1.48. The Bertz CT molecular complexity index is 645. The molecule has 3 atom stereocenters. The topological polar surface area (TPSA) is 53.0 Å². The molecule has 1 aliphatic carbocycles. The zero-order valence-corrected chi connectivity index (χ0v) is 17.9. The molecular formula is C23H36N2O3. The van der Waals surface area contributed by atoms with Gasteiger partial charge in [-0.1, -0.05) is 45.0 Å². The third kappa shape index (κ3) is 5.13. The predicted molar refractivity (Wildman–Crippen MR) is 111 cm³/mol. The summed E-state index contributed by atoms with van der Waals surface area (Å²) < 4.78 is 5.35. The number of nitrogens with zero attached hydrogens (tertiary/aromatic N) is 2. The maximum Gasteiger partial charge on any atom is 0.225 e. The van der Waals surface area contributed by atoms with Crippen LogP contribution >= 0.6 is 0 Å². The second-order valence-electron chi connectivity index (χ2n) is 9.40. The van der Waals surface area contributed by atoms with Gasteiger partial charge in [0.25, 0.3) is 0 Å². The quantitative estimate of drug-likeness (QED) is 0.862. The van der Waals surface area contributed by atoms with Crippen LogP contribution in [0.5, 0.6) is 0 Å². The SMILES string of the molecule is CO[C@@H]1C[C@H](C(=O)N2CCN(Cc3ccc(C(C)(C)C)cc3)CC2)CC[C@@H]1O. The van der Waals surface area contributed by atoms with E-state index in [0.29, 0.717) is 12.8 Å². The Morgan fingerprint density at radius 2 is 1.75 bits per heavy atom. The molecule has 1 amide bonds. The van der Waals surface area contributed by atoms with E-state index < -0.39 is 6.10 Å². The molecule has 0 aromatic heterocycles. The number of carbonyl (C=O) groups is 1. The van der Waals surface area contributed by atoms with Crippen molar-refractivity contribution in [1.82, 2.24) is 9.80 Å². The maximum atomic E-state index is 12.9. The maximum absolute atomic E-state index is 12.9. The number of aliphatic hydroxyl groups excluding tert-OH is 1. The summed E-state index contributed by atoms with van der Waals surface area (Å²) in [7, 11) is 1.62. The molecule has 5 heteroatoms. The number of piperazine rings is 1. The second kappa shape index (κ2) is 8.93. The number of rotatable bonds is 4. The minimum Gasteiger partial charge on any atom is -0.390 e. The van der Waals surface area contributed by atoms with Gasteiger partial charge in [0.05, 0.1) is 12.2 Å². The average molecular weight is 389 g/mol. The molecule has 1 aliphatic heterocycles. The van der Waals surface area contributed by atoms with E-state index in [2.05, 4.69) is 49.9 Å². The van der Waals surface area contributed by atoms with Gasteiger partial charge in [-0.05, 0) is 35.8 Å². The minimum atomic E-state index is -0.435. The lowest BCUT2D eigenvalue weighted by Crippen LogP contribution is -2.51. The third-order valence-electron chi connectivity index (χ3n) is 6.32. The van der Waals surface area contributed by atoms with Crippen LogP contribution in [0.15, 0.2) is 24.3 Å². The highest BCUT2D eigenvalue weighted by Crippen LogP contribution is 2.28. The first kappa shape index (κ1) is 21.3. The first-order valence-electron chi connectivity index (χ1n) is 10.6. The van der Waals surface area contributed by atoms with Gasteiger partial charge in [0.2, 0.25) is 5.91 Å². The third-order valence-corrected chi connectivity index (χ3v) is 6.32. The highest BCUT2D eigenvalue weighted by molar-refractivity contribution is 5.79. The average Bonchev–Trinajstić information content (AvgIpc) is 2.68. The van der Waals surface area contributed by atoms with E-state index in [0.717, 1.165) is 39.1 Å². The Kier molecular flexibility index (Phi) is 6.79. The summed E-state index contributed by atoms with van der Waals surface area (Å²) in [6, 6.07) is 8.93. The Morgan fingerprint density at radius 3 is 2.32 bits per heavy atom. The molecule has 2 fully saturated rings. The fourth-order valence-corrected chi connectivity index (χ4v) is 4.34. The van der Waals surface area contributed by atoms with Gasteiger partial charge in [0, 0.05) is 45.8 Å². The number of hydrogen-bond donors (Lipinski definition) is 1. The van der Waals surface area contributed by atoms with Gasteiger partial charge < -0.3 is 14.7 Å². The highest BCUT2D eigenvalue weighted by Gasteiger charge is 2.35. The van der Waals surface area contributed by atoms with Crippen LogP contribution in [0.3, 0.4) is 0 Å². The van der Waals surface area contributed by atoms with E-state index in [1.54, 1.807) is 7.11 Å². The molecule has 1 aromatic carbocycles. The first-order valence-corrected chi connectivity index (χ1v) is 10.6. The van der Waals surface area contributed by atoms with Gasteiger partial charge in [-0.2, -0.15) is 0 Å². The van der Waals surface area contributed by atoms with Crippen molar-refractivity contribution >= 4 is 5.91 Å². The van der Waals surface area contributed by atoms with E-state index in [1.807, 2.05) is 4.90 Å². The lowest BCUT2D eigenvalue weighted by molar-refractivity contribution is -0.142. The molecule has 1 saturated carbocycles. The van der Waals surface area contributed by atoms with E-state index in [-0.39, 0.29) is 23.3 Å². The Morgan fingerprint density at radius 1 is 1.11 bits per heavy atom. The van der Waals surface area contributed by atoms with Crippen LogP contribution in [0.4, 0.5) is 0 Å². The van der Waals surface area contributed by atoms with E-state index >= 15 is 0 Å². The molecule has 0 bridgehead atoms. The zero-order chi connectivity index (χ0) is 20.3. The predicted octanol–water partition coefficient (Wildman–Crippen LogP) is 2.80. The molecule has 0 unspecified atom stereocenters. The molecule has 0 radical (unpaired) electrons. The first-order chi connectivity index (χ1) is 13.3. The monoisotopic (exact) mass is 388 g/mol. The van der Waals surface area contributed by atoms with Gasteiger partial charge in [-0.25, -0.2) is 0 Å². The van der Waals surface area contributed by atoms with E-state index in [9.17, 15) is 9.90 Å². The summed E-state index contributed by atoms with van der Waals surface area (Å²) in [5.74, 6) is 0.230. The summed E-state index contributed by atoms with van der Waals surface area (Å²) >= 11 is 0. The fraction of sp³-hybridized carbons (Fsp3) is 0.696. The van der Waals surface area contributed by atoms with Crippen molar-refractivity contribution < 1.29 is 14.6 Å². The number of aliphatic hydroxyl groups is 1. The van der Waals surface area contributed by atoms with Crippen molar-refractivity contribution in [2.75, 3.05) is 33.3 Å². The van der Waals surface area contributed by atoms with Crippen molar-refractivity contribution in [3.8, 4) is 0 Å². The van der Waals surface area contributed by atoms with Crippen molar-refractivity contribution in [2.24, 2.45) is 5.92 Å². The van der Waals surface area contributed by atoms with Gasteiger partial charge in [0.15, 0.2) is 0 Å². The summed E-state index contributed by atoms with van der Waals surface area (Å²) in [5.41, 5.74) is 2.87. The minimum absolute atomic E-state index is 0.00941. The number of hydrogen-bond acceptors (Lipinski definition) is 4. The number of benzene rings is 1. The van der Waals surface area contributed by atoms with Crippen LogP contribution in [0.1, 0.15) is 51.2 Å². The molecular weight excluding hydrogens is 352 g/mol. The standard InChI is InChI=1S/C23H36N2O3/c1-23(2,3)19-8-5-17(6-9-19)16-24-11-13-25(14-12-24)22(27)18-7-10-20(26)21(15-18)28-4/h5-6,8-9,18,20-21,26H,7,10-16H2,1-4H3/t18-,20+,21-/m1/s1. The largest absolute Gasteiger partial charge is 0.390 e. The lowest BCUT2D eigenvalue weighted by Gasteiger charge is -2.39. The molecule has 28 heavy (non-hydrogen) atoms. The normalized spacial score (nSPS) is 27.0. The van der Waals surface area contributed by atoms with Crippen LogP contribution in [-0.4, -0.2) is 66.3 Å². The van der Waals surface area contributed by atoms with Crippen molar-refractivity contribution in [3.05, 3.63) is 35.4 Å². The van der Waals surface area contributed by atoms with Crippen molar-refractivity contribution in [1.29, 1.82) is 0 Å². The summed E-state index contributed by atoms with van der Waals surface area (Å²) in [5, 5.41) is 9.96. The molecule has 3 rings (SSSR count). The molecule has 1 aromatic rings. The van der Waals surface area contributed by atoms with Gasteiger partial charge in [-0.3, -0.25) is 9.69 Å². The molecule has 1 N–H and O–H groups in total. The summed E-state index contributed by atoms with van der Waals surface area (Å²) in [6.07, 6.45) is 1.41. The van der Waals surface area contributed by atoms with Gasteiger partial charge >= 0.3 is 0 Å². The fourth-order valence-electron chi connectivity index (χ4n) is 4.34. The van der Waals surface area contributed by atoms with E-state index in [1.165, 1.54) is 11.1 Å². The summed E-state index contributed by atoms with van der Waals surface area (Å²) in [4.78, 5) is 17.3. The molecule has 5 nitrogen and oxygen atoms in total. The van der Waals surface area contributed by atoms with Crippen LogP contribution < -0.4 is 0 Å². The summed E-state index contributed by atoms with van der Waals surface area (Å²) in [6.45, 7) is 11.0. The zero-order valence-electron chi connectivity index (χ0n) is 17.9. The lowest BCUT2D eigenvalue weighted by atomic mass is 9.84. The van der Waals surface area contributed by atoms with Crippen LogP contribution in [-0.2, 0) is 21.5 Å². The van der Waals surface area contributed by atoms with E-state index in [4.69, 9.17) is 4.74 Å². The van der Waals surface area contributed by atoms with Gasteiger partial charge in [0.1, 0.15) is 0 Å². The highest BCUT2D eigenvalue weighted by atomic mass is 16.5. The number of carbonyl (C=O) groups excluding carboxylic acids is 1. The Labute approximate surface area is 169 Å². The van der Waals surface area contributed by atoms with Crippen molar-refractivity contribution in [3.63, 3.8) is 0 Å². The molecule has 2 aliphatic rings. The van der Waals surface area contributed by atoms with Crippen LogP contribution in [0.2, 0.25) is 0 Å². The number of ether oxygens (including phenoxy) is 1. The van der Waals surface area contributed by atoms with Crippen LogP contribution in [0.25, 0.3) is 0 Å². The molecule has 1 saturated heterocycles. The molecule has 156 valence electrons. The molecule has 0 spiro atoms. The Hall–Kier alpha value is -1.43. The smallest absolute Gasteiger partial charge is 0.225 e. The molecule has 1 heterocycles. The number of methoxy groups -OCH3 is 1. The second-order valence-corrected chi connectivity index (χ2v) is 9.40. The number of amides is 1.